The maximum absolute atomic E-state index is 12.3. The van der Waals surface area contributed by atoms with Gasteiger partial charge in [0.1, 0.15) is 5.65 Å². The third kappa shape index (κ3) is 3.29. The fourth-order valence-corrected chi connectivity index (χ4v) is 2.74. The summed E-state index contributed by atoms with van der Waals surface area (Å²) in [4.78, 5) is 28.9. The monoisotopic (exact) mass is 367 g/mol. The van der Waals surface area contributed by atoms with Gasteiger partial charge >= 0.3 is 5.97 Å². The fourth-order valence-electron chi connectivity index (χ4n) is 2.74. The number of nitrogens with zero attached hydrogens (tertiary/aromatic N) is 2. The number of imidazole rings is 1. The van der Waals surface area contributed by atoms with Crippen LogP contribution >= 0.6 is 0 Å². The highest BCUT2D eigenvalue weighted by atomic mass is 16.7. The normalized spacial score (nSPS) is 13.4. The molecule has 27 heavy (non-hydrogen) atoms. The topological polar surface area (TPSA) is 91.2 Å². The first-order chi connectivity index (χ1) is 13.0. The second-order valence-corrected chi connectivity index (χ2v) is 6.13. The lowest BCUT2D eigenvalue weighted by molar-refractivity contribution is -0.123. The smallest absolute Gasteiger partial charge is 0.359 e. The van der Waals surface area contributed by atoms with Crippen molar-refractivity contribution in [1.29, 1.82) is 0 Å². The Kier molecular flexibility index (Phi) is 4.15. The van der Waals surface area contributed by atoms with Crippen LogP contribution in [0.2, 0.25) is 0 Å². The van der Waals surface area contributed by atoms with Crippen LogP contribution < -0.4 is 14.8 Å². The quantitative estimate of drug-likeness (QED) is 0.713. The first-order valence-electron chi connectivity index (χ1n) is 8.37. The van der Waals surface area contributed by atoms with Crippen molar-refractivity contribution >= 4 is 23.2 Å². The number of rotatable bonds is 4. The van der Waals surface area contributed by atoms with Gasteiger partial charge in [-0.15, -0.1) is 0 Å². The Balaban J connectivity index is 1.42. The minimum absolute atomic E-state index is 0.145. The SMILES string of the molecule is Cc1cccc2nc(C(=O)O[C@@H](C)C(=O)Nc3ccc4c(c3)OCO4)cn12. The van der Waals surface area contributed by atoms with E-state index in [1.807, 2.05) is 19.1 Å². The van der Waals surface area contributed by atoms with Crippen molar-refractivity contribution in [3.8, 4) is 11.5 Å². The molecule has 2 aromatic heterocycles. The van der Waals surface area contributed by atoms with Gasteiger partial charge in [0.15, 0.2) is 23.3 Å². The first-order valence-corrected chi connectivity index (χ1v) is 8.37. The molecular formula is C19H17N3O5. The van der Waals surface area contributed by atoms with Crippen molar-refractivity contribution in [3.63, 3.8) is 0 Å². The molecule has 8 nitrogen and oxygen atoms in total. The number of pyridine rings is 1. The van der Waals surface area contributed by atoms with E-state index in [4.69, 9.17) is 14.2 Å². The van der Waals surface area contributed by atoms with Crippen molar-refractivity contribution < 1.29 is 23.8 Å². The molecule has 1 aliphatic rings. The number of esters is 1. The predicted molar refractivity (Wildman–Crippen MR) is 96.0 cm³/mol. The maximum atomic E-state index is 12.3. The molecule has 0 spiro atoms. The number of hydrogen-bond donors (Lipinski definition) is 1. The number of benzene rings is 1. The number of nitrogens with one attached hydrogen (secondary N) is 1. The summed E-state index contributed by atoms with van der Waals surface area (Å²) in [6.45, 7) is 3.56. The van der Waals surface area contributed by atoms with Crippen LogP contribution in [-0.4, -0.2) is 34.2 Å². The van der Waals surface area contributed by atoms with Crippen molar-refractivity contribution in [3.05, 3.63) is 54.0 Å². The van der Waals surface area contributed by atoms with Crippen LogP contribution in [0.4, 0.5) is 5.69 Å². The summed E-state index contributed by atoms with van der Waals surface area (Å²) in [5.74, 6) is 0.0562. The Morgan fingerprint density at radius 1 is 1.22 bits per heavy atom. The Bertz CT molecular complexity index is 1040. The van der Waals surface area contributed by atoms with E-state index < -0.39 is 18.0 Å². The number of hydrogen-bond acceptors (Lipinski definition) is 6. The minimum atomic E-state index is -0.992. The summed E-state index contributed by atoms with van der Waals surface area (Å²) in [7, 11) is 0. The van der Waals surface area contributed by atoms with Crippen LogP contribution in [-0.2, 0) is 9.53 Å². The Hall–Kier alpha value is -3.55. The second-order valence-electron chi connectivity index (χ2n) is 6.13. The zero-order chi connectivity index (χ0) is 19.0. The Morgan fingerprint density at radius 3 is 2.85 bits per heavy atom. The van der Waals surface area contributed by atoms with Gasteiger partial charge in [-0.3, -0.25) is 4.79 Å². The largest absolute Gasteiger partial charge is 0.454 e. The average molecular weight is 367 g/mol. The van der Waals surface area contributed by atoms with E-state index in [0.29, 0.717) is 22.8 Å². The van der Waals surface area contributed by atoms with Gasteiger partial charge in [0.05, 0.1) is 0 Å². The lowest BCUT2D eigenvalue weighted by Crippen LogP contribution is -2.30. The van der Waals surface area contributed by atoms with E-state index in [2.05, 4.69) is 10.3 Å². The van der Waals surface area contributed by atoms with Crippen LogP contribution in [0.5, 0.6) is 11.5 Å². The molecule has 0 bridgehead atoms. The highest BCUT2D eigenvalue weighted by Crippen LogP contribution is 2.34. The molecular weight excluding hydrogens is 350 g/mol. The summed E-state index contributed by atoms with van der Waals surface area (Å²) in [5.41, 5.74) is 2.24. The fraction of sp³-hybridized carbons (Fsp3) is 0.211. The molecule has 0 unspecified atom stereocenters. The number of carbonyl (C=O) groups excluding carboxylic acids is 2. The van der Waals surface area contributed by atoms with Gasteiger partial charge in [-0.25, -0.2) is 9.78 Å². The number of carbonyl (C=O) groups is 2. The zero-order valence-electron chi connectivity index (χ0n) is 14.8. The molecule has 3 aromatic rings. The van der Waals surface area contributed by atoms with Crippen molar-refractivity contribution in [2.75, 3.05) is 12.1 Å². The van der Waals surface area contributed by atoms with Gasteiger partial charge in [0, 0.05) is 23.6 Å². The molecule has 1 amide bonds. The van der Waals surface area contributed by atoms with E-state index in [1.165, 1.54) is 6.92 Å². The van der Waals surface area contributed by atoms with Crippen LogP contribution in [0.1, 0.15) is 23.1 Å². The molecule has 0 aliphatic carbocycles. The molecule has 4 rings (SSSR count). The summed E-state index contributed by atoms with van der Waals surface area (Å²) in [5, 5.41) is 2.69. The van der Waals surface area contributed by atoms with E-state index in [1.54, 1.807) is 34.9 Å². The number of aromatic nitrogens is 2. The third-order valence-corrected chi connectivity index (χ3v) is 4.20. The van der Waals surface area contributed by atoms with E-state index in [0.717, 1.165) is 5.69 Å². The van der Waals surface area contributed by atoms with Crippen LogP contribution in [0.25, 0.3) is 5.65 Å². The van der Waals surface area contributed by atoms with Gasteiger partial charge < -0.3 is 23.9 Å². The molecule has 1 atom stereocenters. The molecule has 0 radical (unpaired) electrons. The van der Waals surface area contributed by atoms with E-state index >= 15 is 0 Å². The lowest BCUT2D eigenvalue weighted by atomic mass is 10.2. The average Bonchev–Trinajstić information content (AvgIpc) is 3.28. The molecule has 3 heterocycles. The summed E-state index contributed by atoms with van der Waals surface area (Å²) in [6.07, 6.45) is 0.601. The Morgan fingerprint density at radius 2 is 2.04 bits per heavy atom. The van der Waals surface area contributed by atoms with Gasteiger partial charge in [-0.05, 0) is 38.1 Å². The van der Waals surface area contributed by atoms with E-state index in [-0.39, 0.29) is 12.5 Å². The molecule has 1 N–H and O–H groups in total. The highest BCUT2D eigenvalue weighted by molar-refractivity contribution is 5.97. The van der Waals surface area contributed by atoms with Gasteiger partial charge in [-0.2, -0.15) is 0 Å². The third-order valence-electron chi connectivity index (χ3n) is 4.20. The van der Waals surface area contributed by atoms with Crippen molar-refractivity contribution in [1.82, 2.24) is 9.38 Å². The highest BCUT2D eigenvalue weighted by Gasteiger charge is 2.22. The number of aryl methyl sites for hydroxylation is 1. The van der Waals surface area contributed by atoms with Crippen molar-refractivity contribution in [2.45, 2.75) is 20.0 Å². The predicted octanol–water partition coefficient (Wildman–Crippen LogP) is 2.56. The number of ether oxygens (including phenoxy) is 3. The van der Waals surface area contributed by atoms with Crippen LogP contribution in [0.15, 0.2) is 42.6 Å². The molecule has 1 aromatic carbocycles. The molecule has 138 valence electrons. The standard InChI is InChI=1S/C19H17N3O5/c1-11-4-3-5-17-21-14(9-22(11)17)19(24)27-12(2)18(23)20-13-6-7-15-16(8-13)26-10-25-15/h3-9,12H,10H2,1-2H3,(H,20,23)/t12-/m0/s1. The second kappa shape index (κ2) is 6.64. The summed E-state index contributed by atoms with van der Waals surface area (Å²) in [6, 6.07) is 10.6. The maximum Gasteiger partial charge on any atom is 0.359 e. The number of amides is 1. The van der Waals surface area contributed by atoms with Gasteiger partial charge in [0.25, 0.3) is 5.91 Å². The Labute approximate surface area is 154 Å². The lowest BCUT2D eigenvalue weighted by Gasteiger charge is -2.13. The molecule has 0 fully saturated rings. The number of anilines is 1. The molecule has 1 aliphatic heterocycles. The molecule has 0 saturated heterocycles. The van der Waals surface area contributed by atoms with Gasteiger partial charge in [-0.1, -0.05) is 6.07 Å². The zero-order valence-corrected chi connectivity index (χ0v) is 14.8. The molecule has 8 heteroatoms. The van der Waals surface area contributed by atoms with Crippen LogP contribution in [0.3, 0.4) is 0 Å². The minimum Gasteiger partial charge on any atom is -0.454 e. The first kappa shape index (κ1) is 16.9. The summed E-state index contributed by atoms with van der Waals surface area (Å²) >= 11 is 0. The van der Waals surface area contributed by atoms with Gasteiger partial charge in [0.2, 0.25) is 6.79 Å². The summed E-state index contributed by atoms with van der Waals surface area (Å²) < 4.78 is 17.5. The molecule has 0 saturated carbocycles. The van der Waals surface area contributed by atoms with E-state index in [9.17, 15) is 9.59 Å². The van der Waals surface area contributed by atoms with Crippen molar-refractivity contribution in [2.24, 2.45) is 0 Å². The van der Waals surface area contributed by atoms with Crippen LogP contribution in [0, 0.1) is 6.92 Å². The number of fused-ring (bicyclic) bond motifs is 2.